The van der Waals surface area contributed by atoms with Crippen molar-refractivity contribution in [3.8, 4) is 11.3 Å². The molecular formula is C9H7BrN2O2. The van der Waals surface area contributed by atoms with Gasteiger partial charge in [-0.1, -0.05) is 5.16 Å². The van der Waals surface area contributed by atoms with Gasteiger partial charge in [0, 0.05) is 18.0 Å². The molecule has 5 heteroatoms. The molecule has 0 aliphatic carbocycles. The normalized spacial score (nSPS) is 10.4. The third-order valence-electron chi connectivity index (χ3n) is 1.77. The number of halogens is 1. The van der Waals surface area contributed by atoms with Crippen LogP contribution in [-0.2, 0) is 6.61 Å². The Morgan fingerprint density at radius 3 is 2.93 bits per heavy atom. The zero-order valence-electron chi connectivity index (χ0n) is 7.14. The molecule has 0 bridgehead atoms. The average Bonchev–Trinajstić information content (AvgIpc) is 2.61. The number of pyridine rings is 1. The van der Waals surface area contributed by atoms with Gasteiger partial charge in [0.1, 0.15) is 5.69 Å². The van der Waals surface area contributed by atoms with Crippen molar-refractivity contribution in [3.05, 3.63) is 34.7 Å². The van der Waals surface area contributed by atoms with E-state index in [0.29, 0.717) is 15.9 Å². The molecule has 14 heavy (non-hydrogen) atoms. The van der Waals surface area contributed by atoms with Gasteiger partial charge in [-0.2, -0.15) is 0 Å². The van der Waals surface area contributed by atoms with Crippen LogP contribution < -0.4 is 0 Å². The van der Waals surface area contributed by atoms with Crippen molar-refractivity contribution in [2.45, 2.75) is 6.61 Å². The van der Waals surface area contributed by atoms with E-state index in [1.54, 1.807) is 12.4 Å². The van der Waals surface area contributed by atoms with E-state index in [1.165, 1.54) is 0 Å². The number of aromatic nitrogens is 2. The summed E-state index contributed by atoms with van der Waals surface area (Å²) < 4.78 is 5.75. The zero-order chi connectivity index (χ0) is 9.97. The zero-order valence-corrected chi connectivity index (χ0v) is 8.73. The monoisotopic (exact) mass is 254 g/mol. The molecule has 2 aromatic rings. The van der Waals surface area contributed by atoms with E-state index in [2.05, 4.69) is 26.1 Å². The molecule has 0 saturated carbocycles. The minimum atomic E-state index is -0.148. The average molecular weight is 255 g/mol. The van der Waals surface area contributed by atoms with Gasteiger partial charge in [0.25, 0.3) is 0 Å². The SMILES string of the molecule is OCc1noc(-c2cccnc2)c1Br. The molecule has 0 aliphatic rings. The molecule has 2 rings (SSSR count). The van der Waals surface area contributed by atoms with Gasteiger partial charge < -0.3 is 9.63 Å². The lowest BCUT2D eigenvalue weighted by atomic mass is 10.2. The largest absolute Gasteiger partial charge is 0.390 e. The van der Waals surface area contributed by atoms with Crippen molar-refractivity contribution in [2.75, 3.05) is 0 Å². The number of hydrogen-bond donors (Lipinski definition) is 1. The summed E-state index contributed by atoms with van der Waals surface area (Å²) in [5, 5.41) is 12.6. The molecular weight excluding hydrogens is 248 g/mol. The number of rotatable bonds is 2. The highest BCUT2D eigenvalue weighted by Crippen LogP contribution is 2.30. The number of nitrogens with zero attached hydrogens (tertiary/aromatic N) is 2. The topological polar surface area (TPSA) is 59.2 Å². The van der Waals surface area contributed by atoms with E-state index in [9.17, 15) is 0 Å². The number of aliphatic hydroxyl groups excluding tert-OH is 1. The highest BCUT2D eigenvalue weighted by Gasteiger charge is 2.14. The minimum Gasteiger partial charge on any atom is -0.390 e. The Labute approximate surface area is 88.7 Å². The Bertz CT molecular complexity index is 428. The number of aliphatic hydroxyl groups is 1. The fourth-order valence-corrected chi connectivity index (χ4v) is 1.59. The molecule has 2 heterocycles. The molecule has 4 nitrogen and oxygen atoms in total. The first-order valence-electron chi connectivity index (χ1n) is 3.98. The lowest BCUT2D eigenvalue weighted by Crippen LogP contribution is -1.82. The molecule has 0 radical (unpaired) electrons. The van der Waals surface area contributed by atoms with Crippen molar-refractivity contribution in [1.29, 1.82) is 0 Å². The molecule has 0 spiro atoms. The van der Waals surface area contributed by atoms with Gasteiger partial charge in [0.2, 0.25) is 0 Å². The Hall–Kier alpha value is -1.20. The first-order chi connectivity index (χ1) is 6.83. The van der Waals surface area contributed by atoms with Gasteiger partial charge in [0.15, 0.2) is 5.76 Å². The van der Waals surface area contributed by atoms with Crippen LogP contribution in [0.15, 0.2) is 33.5 Å². The predicted octanol–water partition coefficient (Wildman–Crippen LogP) is 1.99. The van der Waals surface area contributed by atoms with Crippen molar-refractivity contribution in [2.24, 2.45) is 0 Å². The van der Waals surface area contributed by atoms with Gasteiger partial charge >= 0.3 is 0 Å². The van der Waals surface area contributed by atoms with Crippen molar-refractivity contribution in [1.82, 2.24) is 10.1 Å². The van der Waals surface area contributed by atoms with Gasteiger partial charge in [-0.05, 0) is 28.1 Å². The third-order valence-corrected chi connectivity index (χ3v) is 2.59. The summed E-state index contributed by atoms with van der Waals surface area (Å²) in [5.41, 5.74) is 1.32. The molecule has 2 aromatic heterocycles. The quantitative estimate of drug-likeness (QED) is 0.891. The Balaban J connectivity index is 2.48. The van der Waals surface area contributed by atoms with Crippen LogP contribution in [0.4, 0.5) is 0 Å². The maximum Gasteiger partial charge on any atom is 0.182 e. The van der Waals surface area contributed by atoms with E-state index >= 15 is 0 Å². The van der Waals surface area contributed by atoms with E-state index < -0.39 is 0 Å². The van der Waals surface area contributed by atoms with Gasteiger partial charge in [-0.25, -0.2) is 0 Å². The molecule has 0 unspecified atom stereocenters. The smallest absolute Gasteiger partial charge is 0.182 e. The van der Waals surface area contributed by atoms with Crippen LogP contribution in [0.2, 0.25) is 0 Å². The van der Waals surface area contributed by atoms with Gasteiger partial charge in [0.05, 0.1) is 11.1 Å². The molecule has 0 aromatic carbocycles. The first-order valence-corrected chi connectivity index (χ1v) is 4.77. The second-order valence-corrected chi connectivity index (χ2v) is 3.47. The van der Waals surface area contributed by atoms with Gasteiger partial charge in [-0.3, -0.25) is 4.98 Å². The van der Waals surface area contributed by atoms with Crippen LogP contribution in [0.25, 0.3) is 11.3 Å². The molecule has 0 saturated heterocycles. The van der Waals surface area contributed by atoms with E-state index in [1.807, 2.05) is 12.1 Å². The van der Waals surface area contributed by atoms with E-state index in [4.69, 9.17) is 9.63 Å². The minimum absolute atomic E-state index is 0.148. The Morgan fingerprint density at radius 1 is 1.50 bits per heavy atom. The highest BCUT2D eigenvalue weighted by molar-refractivity contribution is 9.10. The summed E-state index contributed by atoms with van der Waals surface area (Å²) in [6, 6.07) is 3.67. The second-order valence-electron chi connectivity index (χ2n) is 2.67. The fraction of sp³-hybridized carbons (Fsp3) is 0.111. The number of hydrogen-bond acceptors (Lipinski definition) is 4. The van der Waals surface area contributed by atoms with Crippen molar-refractivity contribution in [3.63, 3.8) is 0 Å². The van der Waals surface area contributed by atoms with Crippen LogP contribution in [-0.4, -0.2) is 15.2 Å². The molecule has 0 fully saturated rings. The highest BCUT2D eigenvalue weighted by atomic mass is 79.9. The molecule has 0 atom stereocenters. The standard InChI is InChI=1S/C9H7BrN2O2/c10-8-7(5-13)12-14-9(8)6-2-1-3-11-4-6/h1-4,13H,5H2. The van der Waals surface area contributed by atoms with Crippen LogP contribution in [0, 0.1) is 0 Å². The summed E-state index contributed by atoms with van der Waals surface area (Å²) in [4.78, 5) is 3.97. The summed E-state index contributed by atoms with van der Waals surface area (Å²) in [5.74, 6) is 0.585. The maximum absolute atomic E-state index is 8.91. The lowest BCUT2D eigenvalue weighted by Gasteiger charge is -1.94. The van der Waals surface area contributed by atoms with Crippen molar-refractivity contribution < 1.29 is 9.63 Å². The summed E-state index contributed by atoms with van der Waals surface area (Å²) >= 11 is 3.30. The predicted molar refractivity (Wildman–Crippen MR) is 53.4 cm³/mol. The van der Waals surface area contributed by atoms with Crippen LogP contribution in [0.1, 0.15) is 5.69 Å². The summed E-state index contributed by atoms with van der Waals surface area (Å²) in [6.45, 7) is -0.148. The molecule has 1 N–H and O–H groups in total. The molecule has 0 amide bonds. The first kappa shape index (κ1) is 9.36. The van der Waals surface area contributed by atoms with Gasteiger partial charge in [-0.15, -0.1) is 0 Å². The Morgan fingerprint density at radius 2 is 2.36 bits per heavy atom. The molecule has 72 valence electrons. The van der Waals surface area contributed by atoms with Crippen LogP contribution >= 0.6 is 15.9 Å². The second kappa shape index (κ2) is 3.89. The summed E-state index contributed by atoms with van der Waals surface area (Å²) in [6.07, 6.45) is 3.35. The fourth-order valence-electron chi connectivity index (χ4n) is 1.09. The van der Waals surface area contributed by atoms with Crippen LogP contribution in [0.3, 0.4) is 0 Å². The maximum atomic E-state index is 8.91. The van der Waals surface area contributed by atoms with Crippen LogP contribution in [0.5, 0.6) is 0 Å². The van der Waals surface area contributed by atoms with E-state index in [0.717, 1.165) is 5.56 Å². The van der Waals surface area contributed by atoms with E-state index in [-0.39, 0.29) is 6.61 Å². The summed E-state index contributed by atoms with van der Waals surface area (Å²) in [7, 11) is 0. The lowest BCUT2D eigenvalue weighted by molar-refractivity contribution is 0.266. The Kier molecular flexibility index (Phi) is 2.60. The van der Waals surface area contributed by atoms with Crippen molar-refractivity contribution >= 4 is 15.9 Å². The third kappa shape index (κ3) is 1.56. The molecule has 0 aliphatic heterocycles.